The van der Waals surface area contributed by atoms with Gasteiger partial charge in [-0.1, -0.05) is 303 Å². The van der Waals surface area contributed by atoms with Crippen LogP contribution in [0.2, 0.25) is 5.28 Å². The molecule has 1 radical (unpaired) electrons. The molecule has 0 saturated heterocycles. The second kappa shape index (κ2) is 28.1. The van der Waals surface area contributed by atoms with Gasteiger partial charge in [0.2, 0.25) is 5.28 Å². The van der Waals surface area contributed by atoms with Crippen molar-refractivity contribution in [2.75, 3.05) is 0 Å². The molecule has 100 heavy (non-hydrogen) atoms. The third-order valence-electron chi connectivity index (χ3n) is 18.0. The lowest BCUT2D eigenvalue weighted by Gasteiger charge is -2.14. The molecule has 0 unspecified atom stereocenters. The van der Waals surface area contributed by atoms with Gasteiger partial charge in [0.15, 0.2) is 29.1 Å². The third kappa shape index (κ3) is 12.9. The highest BCUT2D eigenvalue weighted by atomic mass is 35.5. The number of hydrogen-bond acceptors (Lipinski definition) is 8. The first-order chi connectivity index (χ1) is 49.4. The quantitative estimate of drug-likeness (QED) is 0.101. The topological polar surface area (TPSA) is 107 Å². The predicted octanol–water partition coefficient (Wildman–Crippen LogP) is 22.9. The molecule has 0 aliphatic rings. The standard InChI is InChI=1S/C45H29N3.C30H20BO2.C15H10ClN3/c1-4-14-30(15-5-1)34-26-35(33-24-25-41-39-22-11-10-20-37(39)38-21-12-13-23-40(38)42(41)29-33)28-36(27-34)45-47-43(31-16-6-2-7-17-31)46-44(48-45)32-18-8-3-9-19-32;32-31-33-24-17-22(20-8-2-1-3-9-20)16-23(18-24)21-14-15-29-27-12-5-4-10-25(27)26-11-6-7-13-28(26)30(29)19-21;16-15-18-13(11-7-3-1-4-8-11)17-14(19-15)12-9-5-2-6-10-12/h1-29H;1-19,32H;1-10H. The van der Waals surface area contributed by atoms with Gasteiger partial charge in [0, 0.05) is 27.8 Å². The van der Waals surface area contributed by atoms with Crippen LogP contribution in [0, 0.1) is 0 Å². The first-order valence-corrected chi connectivity index (χ1v) is 33.4. The van der Waals surface area contributed by atoms with Crippen LogP contribution < -0.4 is 4.65 Å². The molecule has 471 valence electrons. The summed E-state index contributed by atoms with van der Waals surface area (Å²) in [7, 11) is 0.730. The van der Waals surface area contributed by atoms with Gasteiger partial charge in [0.1, 0.15) is 5.75 Å². The molecule has 2 aromatic heterocycles. The minimum absolute atomic E-state index is 0.202. The number of fused-ring (bicyclic) bond motifs is 12. The molecule has 0 aliphatic carbocycles. The fraction of sp³-hybridized carbons (Fsp3) is 0. The Kier molecular flexibility index (Phi) is 17.4. The number of aromatic nitrogens is 6. The monoisotopic (exact) mass is 1300 g/mol. The van der Waals surface area contributed by atoms with E-state index in [2.05, 4.69) is 215 Å². The molecule has 1 N–H and O–H groups in total. The number of rotatable bonds is 11. The minimum atomic E-state index is 0.202. The summed E-state index contributed by atoms with van der Waals surface area (Å²) >= 11 is 5.99. The highest BCUT2D eigenvalue weighted by Gasteiger charge is 2.18. The molecule has 0 spiro atoms. The molecule has 8 nitrogen and oxygen atoms in total. The van der Waals surface area contributed by atoms with Gasteiger partial charge in [-0.15, -0.1) is 0 Å². The molecule has 16 aromatic carbocycles. The van der Waals surface area contributed by atoms with E-state index in [1.165, 1.54) is 64.6 Å². The number of nitrogens with zero attached hydrogens (tertiary/aromatic N) is 6. The van der Waals surface area contributed by atoms with Crippen LogP contribution in [0.25, 0.3) is 166 Å². The van der Waals surface area contributed by atoms with Gasteiger partial charge in [-0.3, -0.25) is 0 Å². The van der Waals surface area contributed by atoms with Gasteiger partial charge in [0.25, 0.3) is 0 Å². The zero-order valence-electron chi connectivity index (χ0n) is 54.0. The van der Waals surface area contributed by atoms with Crippen molar-refractivity contribution in [2.45, 2.75) is 0 Å². The minimum Gasteiger partial charge on any atom is -0.537 e. The van der Waals surface area contributed by atoms with Crippen LogP contribution in [0.5, 0.6) is 5.75 Å². The SMILES string of the molecule is Clc1nc(-c2ccccc2)nc(-c2ccccc2)n1.O[B]Oc1cc(-c2ccccc2)cc(-c2ccc3c4ccccc4c4ccccc4c3c2)c1.c1ccc(-c2cc(-c3ccc4c5ccccc5c5ccccc5c4c3)cc(-c3nc(-c4ccccc4)nc(-c4ccccc4)n3)c2)cc1. The van der Waals surface area contributed by atoms with E-state index in [-0.39, 0.29) is 5.28 Å². The first-order valence-electron chi connectivity index (χ1n) is 33.0. The Bertz CT molecular complexity index is 5810. The lowest BCUT2D eigenvalue weighted by molar-refractivity contribution is 0.454. The van der Waals surface area contributed by atoms with Crippen molar-refractivity contribution < 1.29 is 9.68 Å². The second-order valence-corrected chi connectivity index (χ2v) is 24.6. The van der Waals surface area contributed by atoms with Crippen LogP contribution in [-0.2, 0) is 0 Å². The smallest absolute Gasteiger partial charge is 0.537 e. The molecule has 0 amide bonds. The van der Waals surface area contributed by atoms with E-state index in [1.54, 1.807) is 0 Å². The van der Waals surface area contributed by atoms with Crippen LogP contribution in [0.15, 0.2) is 352 Å². The summed E-state index contributed by atoms with van der Waals surface area (Å²) in [6, 6.07) is 121. The molecule has 2 heterocycles. The first kappa shape index (κ1) is 62.0. The van der Waals surface area contributed by atoms with Crippen molar-refractivity contribution in [3.63, 3.8) is 0 Å². The zero-order chi connectivity index (χ0) is 67.1. The Hall–Kier alpha value is -12.8. The van der Waals surface area contributed by atoms with Gasteiger partial charge < -0.3 is 9.68 Å². The van der Waals surface area contributed by atoms with E-state index in [4.69, 9.17) is 31.2 Å². The van der Waals surface area contributed by atoms with Crippen molar-refractivity contribution in [3.05, 3.63) is 357 Å². The van der Waals surface area contributed by atoms with Gasteiger partial charge >= 0.3 is 7.69 Å². The Morgan fingerprint density at radius 1 is 0.200 bits per heavy atom. The largest absolute Gasteiger partial charge is 0.569 e. The summed E-state index contributed by atoms with van der Waals surface area (Å²) in [6.07, 6.45) is 0. The number of benzene rings is 16. The molecule has 18 aromatic rings. The summed E-state index contributed by atoms with van der Waals surface area (Å²) < 4.78 is 5.38. The van der Waals surface area contributed by atoms with Gasteiger partial charge in [-0.2, -0.15) is 9.97 Å². The molecule has 18 rings (SSSR count). The van der Waals surface area contributed by atoms with Crippen molar-refractivity contribution in [1.82, 2.24) is 29.9 Å². The lowest BCUT2D eigenvalue weighted by atomic mass is 9.90. The van der Waals surface area contributed by atoms with Crippen LogP contribution in [0.4, 0.5) is 0 Å². The zero-order valence-corrected chi connectivity index (χ0v) is 54.7. The van der Waals surface area contributed by atoms with Gasteiger partial charge in [0.05, 0.1) is 0 Å². The number of halogens is 1. The molecule has 0 fully saturated rings. The Morgan fingerprint density at radius 2 is 0.430 bits per heavy atom. The normalized spacial score (nSPS) is 11.1. The predicted molar refractivity (Wildman–Crippen MR) is 414 cm³/mol. The average molecular weight is 1300 g/mol. The van der Waals surface area contributed by atoms with Crippen LogP contribution >= 0.6 is 11.6 Å². The maximum Gasteiger partial charge on any atom is 0.569 e. The lowest BCUT2D eigenvalue weighted by Crippen LogP contribution is -2.00. The summed E-state index contributed by atoms with van der Waals surface area (Å²) in [4.78, 5) is 27.9. The molecule has 0 aliphatic heterocycles. The fourth-order valence-electron chi connectivity index (χ4n) is 13.3. The van der Waals surface area contributed by atoms with E-state index in [1.807, 2.05) is 152 Å². The van der Waals surface area contributed by atoms with Gasteiger partial charge in [-0.05, 0) is 169 Å². The maximum absolute atomic E-state index is 9.26. The van der Waals surface area contributed by atoms with Crippen molar-refractivity contribution >= 4 is 83.9 Å². The van der Waals surface area contributed by atoms with E-state index in [0.29, 0.717) is 34.9 Å². The van der Waals surface area contributed by atoms with Gasteiger partial charge in [-0.25, -0.2) is 19.9 Å². The Balaban J connectivity index is 0.000000129. The van der Waals surface area contributed by atoms with Crippen molar-refractivity contribution in [3.8, 4) is 107 Å². The van der Waals surface area contributed by atoms with Crippen molar-refractivity contribution in [2.24, 2.45) is 0 Å². The van der Waals surface area contributed by atoms with E-state index >= 15 is 0 Å². The summed E-state index contributed by atoms with van der Waals surface area (Å²) in [5.74, 6) is 3.69. The third-order valence-corrected chi connectivity index (χ3v) is 18.2. The van der Waals surface area contributed by atoms with Crippen LogP contribution in [-0.4, -0.2) is 42.6 Å². The summed E-state index contributed by atoms with van der Waals surface area (Å²) in [5, 5.41) is 24.5. The van der Waals surface area contributed by atoms with E-state index in [9.17, 15) is 5.02 Å². The highest BCUT2D eigenvalue weighted by Crippen LogP contribution is 2.42. The fourth-order valence-corrected chi connectivity index (χ4v) is 13.5. The van der Waals surface area contributed by atoms with Crippen LogP contribution in [0.1, 0.15) is 0 Å². The molecule has 0 saturated carbocycles. The van der Waals surface area contributed by atoms with Crippen molar-refractivity contribution in [1.29, 1.82) is 0 Å². The second-order valence-electron chi connectivity index (χ2n) is 24.2. The van der Waals surface area contributed by atoms with E-state index < -0.39 is 0 Å². The van der Waals surface area contributed by atoms with E-state index in [0.717, 1.165) is 80.0 Å². The molecular formula is C90H59BClN6O2. The molecule has 10 heteroatoms. The summed E-state index contributed by atoms with van der Waals surface area (Å²) in [5.41, 5.74) is 13.4. The Morgan fingerprint density at radius 3 is 0.750 bits per heavy atom. The molecule has 0 bridgehead atoms. The highest BCUT2D eigenvalue weighted by molar-refractivity contribution is 6.29. The Labute approximate surface area is 584 Å². The molecule has 0 atom stereocenters. The van der Waals surface area contributed by atoms with Crippen LogP contribution in [0.3, 0.4) is 0 Å². The maximum atomic E-state index is 9.26. The number of hydrogen-bond donors (Lipinski definition) is 1. The summed E-state index contributed by atoms with van der Waals surface area (Å²) in [6.45, 7) is 0. The molecular weight excluding hydrogens is 1240 g/mol. The average Bonchev–Trinajstić information content (AvgIpc) is 0.746.